The van der Waals surface area contributed by atoms with Crippen molar-refractivity contribution in [1.82, 2.24) is 20.1 Å². The average Bonchev–Trinajstić information content (AvgIpc) is 2.95. The van der Waals surface area contributed by atoms with Crippen molar-refractivity contribution in [3.63, 3.8) is 0 Å². The van der Waals surface area contributed by atoms with E-state index in [0.717, 1.165) is 17.0 Å². The highest BCUT2D eigenvalue weighted by atomic mass is 16.2. The van der Waals surface area contributed by atoms with Crippen LogP contribution in [0.3, 0.4) is 0 Å². The third kappa shape index (κ3) is 2.48. The zero-order chi connectivity index (χ0) is 17.6. The van der Waals surface area contributed by atoms with Gasteiger partial charge in [0.1, 0.15) is 5.54 Å². The van der Waals surface area contributed by atoms with Gasteiger partial charge in [0.25, 0.3) is 11.8 Å². The number of nitrogens with zero attached hydrogens (tertiary/aromatic N) is 2. The third-order valence-electron chi connectivity index (χ3n) is 5.15. The van der Waals surface area contributed by atoms with E-state index in [1.54, 1.807) is 4.90 Å². The zero-order valence-corrected chi connectivity index (χ0v) is 14.6. The van der Waals surface area contributed by atoms with Crippen molar-refractivity contribution in [2.24, 2.45) is 0 Å². The molecule has 1 aromatic rings. The van der Waals surface area contributed by atoms with Gasteiger partial charge in [0.15, 0.2) is 0 Å². The second kappa shape index (κ2) is 5.65. The topological polar surface area (TPSA) is 83.4 Å². The number of piperidine rings is 1. The molecular weight excluding hydrogens is 308 g/mol. The summed E-state index contributed by atoms with van der Waals surface area (Å²) in [4.78, 5) is 38.0. The average molecular weight is 332 g/mol. The van der Waals surface area contributed by atoms with Gasteiger partial charge in [-0.25, -0.2) is 4.79 Å². The number of carbonyl (C=O) groups is 3. The summed E-state index contributed by atoms with van der Waals surface area (Å²) in [6, 6.07) is 1.79. The Labute approximate surface area is 141 Å². The summed E-state index contributed by atoms with van der Waals surface area (Å²) in [5.74, 6) is -0.285. The fourth-order valence-corrected chi connectivity index (χ4v) is 3.93. The maximum Gasteiger partial charge on any atom is 0.322 e. The molecule has 0 radical (unpaired) electrons. The van der Waals surface area contributed by atoms with Crippen LogP contribution < -0.4 is 10.6 Å². The number of amides is 4. The number of rotatable bonds is 2. The van der Waals surface area contributed by atoms with Crippen LogP contribution in [0.15, 0.2) is 6.07 Å². The van der Waals surface area contributed by atoms with E-state index >= 15 is 0 Å². The van der Waals surface area contributed by atoms with E-state index in [1.165, 1.54) is 0 Å². The molecule has 0 aromatic carbocycles. The van der Waals surface area contributed by atoms with E-state index in [-0.39, 0.29) is 11.8 Å². The number of carbonyl (C=O) groups excluding carboxylic acids is 3. The van der Waals surface area contributed by atoms with Crippen LogP contribution in [0, 0.1) is 13.8 Å². The number of likely N-dealkylation sites (tertiary alicyclic amines) is 1. The summed E-state index contributed by atoms with van der Waals surface area (Å²) in [6.07, 6.45) is 0.887. The van der Waals surface area contributed by atoms with Gasteiger partial charge >= 0.3 is 6.03 Å². The first-order valence-electron chi connectivity index (χ1n) is 8.36. The smallest absolute Gasteiger partial charge is 0.322 e. The van der Waals surface area contributed by atoms with E-state index in [0.29, 0.717) is 32.0 Å². The molecule has 3 heterocycles. The Balaban J connectivity index is 1.76. The lowest BCUT2D eigenvalue weighted by atomic mass is 9.87. The summed E-state index contributed by atoms with van der Waals surface area (Å²) < 4.78 is 2.16. The first kappa shape index (κ1) is 16.5. The number of imide groups is 1. The predicted molar refractivity (Wildman–Crippen MR) is 88.8 cm³/mol. The summed E-state index contributed by atoms with van der Waals surface area (Å²) >= 11 is 0. The largest absolute Gasteiger partial charge is 0.346 e. The van der Waals surface area contributed by atoms with E-state index in [1.807, 2.05) is 19.9 Å². The van der Waals surface area contributed by atoms with E-state index in [2.05, 4.69) is 29.0 Å². The molecule has 0 saturated carbocycles. The molecule has 0 aliphatic carbocycles. The van der Waals surface area contributed by atoms with Crippen LogP contribution in [0.4, 0.5) is 4.79 Å². The molecule has 0 atom stereocenters. The van der Waals surface area contributed by atoms with Gasteiger partial charge in [-0.1, -0.05) is 0 Å². The minimum absolute atomic E-state index is 0.00502. The summed E-state index contributed by atoms with van der Waals surface area (Å²) in [5.41, 5.74) is 1.92. The molecule has 1 aromatic heterocycles. The molecule has 2 aliphatic rings. The third-order valence-corrected chi connectivity index (χ3v) is 5.15. The van der Waals surface area contributed by atoms with E-state index in [9.17, 15) is 14.4 Å². The Morgan fingerprint density at radius 1 is 1.21 bits per heavy atom. The normalized spacial score (nSPS) is 19.8. The number of urea groups is 1. The SMILES string of the molecule is Cc1cc(C(=O)N2CCC3(CC2)NC(=O)NC3=O)c(C)n1C(C)C. The van der Waals surface area contributed by atoms with Crippen molar-refractivity contribution in [3.8, 4) is 0 Å². The Bertz CT molecular complexity index is 712. The molecule has 2 N–H and O–H groups in total. The van der Waals surface area contributed by atoms with E-state index < -0.39 is 11.6 Å². The molecule has 1 spiro atoms. The van der Waals surface area contributed by atoms with Crippen LogP contribution in [0.1, 0.15) is 54.5 Å². The Morgan fingerprint density at radius 3 is 2.29 bits per heavy atom. The van der Waals surface area contributed by atoms with Crippen LogP contribution in [0.2, 0.25) is 0 Å². The Hall–Kier alpha value is -2.31. The molecule has 4 amide bonds. The summed E-state index contributed by atoms with van der Waals surface area (Å²) in [6.45, 7) is 9.08. The molecule has 0 bridgehead atoms. The van der Waals surface area contributed by atoms with Gasteiger partial charge in [-0.3, -0.25) is 14.9 Å². The molecular formula is C17H24N4O3. The van der Waals surface area contributed by atoms with Gasteiger partial charge in [0.05, 0.1) is 5.56 Å². The molecule has 2 aliphatic heterocycles. The fraction of sp³-hybridized carbons (Fsp3) is 0.588. The molecule has 3 rings (SSSR count). The minimum atomic E-state index is -0.845. The first-order chi connectivity index (χ1) is 11.2. The highest BCUT2D eigenvalue weighted by molar-refractivity contribution is 6.07. The zero-order valence-electron chi connectivity index (χ0n) is 14.6. The fourth-order valence-electron chi connectivity index (χ4n) is 3.93. The van der Waals surface area contributed by atoms with Gasteiger partial charge in [-0.15, -0.1) is 0 Å². The predicted octanol–water partition coefficient (Wildman–Crippen LogP) is 1.50. The molecule has 7 heteroatoms. The standard InChI is InChI=1S/C17H24N4O3/c1-10(2)21-11(3)9-13(12(21)4)14(22)20-7-5-17(6-8-20)15(23)18-16(24)19-17/h9-10H,5-8H2,1-4H3,(H2,18,19,23,24). The second-order valence-corrected chi connectivity index (χ2v) is 7.03. The summed E-state index contributed by atoms with van der Waals surface area (Å²) in [7, 11) is 0. The minimum Gasteiger partial charge on any atom is -0.346 e. The van der Waals surface area contributed by atoms with Crippen molar-refractivity contribution in [3.05, 3.63) is 23.0 Å². The number of aromatic nitrogens is 1. The van der Waals surface area contributed by atoms with Gasteiger partial charge in [0.2, 0.25) is 0 Å². The lowest BCUT2D eigenvalue weighted by molar-refractivity contribution is -0.125. The number of aryl methyl sites for hydroxylation is 1. The van der Waals surface area contributed by atoms with Crippen LogP contribution in [0.25, 0.3) is 0 Å². The monoisotopic (exact) mass is 332 g/mol. The molecule has 0 unspecified atom stereocenters. The highest BCUT2D eigenvalue weighted by Crippen LogP contribution is 2.28. The van der Waals surface area contributed by atoms with Crippen LogP contribution in [0.5, 0.6) is 0 Å². The van der Waals surface area contributed by atoms with Crippen LogP contribution >= 0.6 is 0 Å². The van der Waals surface area contributed by atoms with Gasteiger partial charge < -0.3 is 14.8 Å². The lowest BCUT2D eigenvalue weighted by Gasteiger charge is -2.37. The van der Waals surface area contributed by atoms with Crippen molar-refractivity contribution in [2.75, 3.05) is 13.1 Å². The van der Waals surface area contributed by atoms with Crippen LogP contribution in [-0.4, -0.2) is 45.9 Å². The Kier molecular flexibility index (Phi) is 3.89. The Morgan fingerprint density at radius 2 is 1.83 bits per heavy atom. The maximum atomic E-state index is 12.9. The number of hydrogen-bond donors (Lipinski definition) is 2. The number of nitrogens with one attached hydrogen (secondary N) is 2. The quantitative estimate of drug-likeness (QED) is 0.805. The van der Waals surface area contributed by atoms with Crippen molar-refractivity contribution < 1.29 is 14.4 Å². The second-order valence-electron chi connectivity index (χ2n) is 7.03. The highest BCUT2D eigenvalue weighted by Gasteiger charge is 2.48. The molecule has 7 nitrogen and oxygen atoms in total. The van der Waals surface area contributed by atoms with Crippen molar-refractivity contribution in [2.45, 2.75) is 52.1 Å². The van der Waals surface area contributed by atoms with Crippen molar-refractivity contribution in [1.29, 1.82) is 0 Å². The van der Waals surface area contributed by atoms with Crippen molar-refractivity contribution >= 4 is 17.8 Å². The van der Waals surface area contributed by atoms with Gasteiger partial charge in [-0.05, 0) is 46.6 Å². The first-order valence-corrected chi connectivity index (χ1v) is 8.36. The molecule has 130 valence electrons. The molecule has 24 heavy (non-hydrogen) atoms. The van der Waals surface area contributed by atoms with E-state index in [4.69, 9.17) is 0 Å². The van der Waals surface area contributed by atoms with Gasteiger partial charge in [-0.2, -0.15) is 0 Å². The summed E-state index contributed by atoms with van der Waals surface area (Å²) in [5, 5.41) is 5.01. The molecule has 2 fully saturated rings. The van der Waals surface area contributed by atoms with Crippen LogP contribution in [-0.2, 0) is 4.79 Å². The maximum absolute atomic E-state index is 12.9. The molecule has 2 saturated heterocycles. The van der Waals surface area contributed by atoms with Gasteiger partial charge in [0, 0.05) is 30.5 Å². The number of hydrogen-bond acceptors (Lipinski definition) is 3. The lowest BCUT2D eigenvalue weighted by Crippen LogP contribution is -2.55.